The Hall–Kier alpha value is -2.02. The van der Waals surface area contributed by atoms with Crippen molar-refractivity contribution in [3.8, 4) is 5.75 Å². The first-order chi connectivity index (χ1) is 14.9. The van der Waals surface area contributed by atoms with Crippen molar-refractivity contribution in [2.75, 3.05) is 19.8 Å². The highest BCUT2D eigenvalue weighted by molar-refractivity contribution is 6.38. The molecule has 8 heteroatoms. The topological polar surface area (TPSA) is 71.6 Å². The lowest BCUT2D eigenvalue weighted by Gasteiger charge is -2.31. The zero-order chi connectivity index (χ0) is 21.7. The van der Waals surface area contributed by atoms with E-state index >= 15 is 0 Å². The maximum atomic E-state index is 13.4. The van der Waals surface area contributed by atoms with Gasteiger partial charge in [0.15, 0.2) is 0 Å². The number of aromatic amines is 1. The second kappa shape index (κ2) is 8.15. The number of carbonyl (C=O) groups is 1. The molecule has 1 amide bonds. The maximum Gasteiger partial charge on any atom is 0.256 e. The monoisotopic (exact) mass is 462 g/mol. The SMILES string of the molecule is Cc1cc(C2CC2)c(CN2CCc3c(Cl)cc(OC4CCOC4)c(Cl)c3C2=O)c(=O)[nH]1. The van der Waals surface area contributed by atoms with Crippen LogP contribution in [0, 0.1) is 6.92 Å². The lowest BCUT2D eigenvalue weighted by Crippen LogP contribution is -2.39. The normalized spacial score (nSPS) is 20.8. The molecule has 31 heavy (non-hydrogen) atoms. The zero-order valence-electron chi connectivity index (χ0n) is 17.3. The van der Waals surface area contributed by atoms with Crippen molar-refractivity contribution < 1.29 is 14.3 Å². The van der Waals surface area contributed by atoms with Crippen molar-refractivity contribution in [2.45, 2.75) is 51.2 Å². The number of aryl methyl sites for hydroxylation is 1. The Labute approximate surface area is 190 Å². The number of benzene rings is 1. The van der Waals surface area contributed by atoms with E-state index in [1.54, 1.807) is 11.0 Å². The Balaban J connectivity index is 1.47. The predicted octanol–water partition coefficient (Wildman–Crippen LogP) is 4.23. The van der Waals surface area contributed by atoms with E-state index in [2.05, 4.69) is 4.98 Å². The van der Waals surface area contributed by atoms with Crippen LogP contribution in [0.2, 0.25) is 10.0 Å². The van der Waals surface area contributed by atoms with Crippen molar-refractivity contribution in [2.24, 2.45) is 0 Å². The van der Waals surface area contributed by atoms with Gasteiger partial charge in [-0.1, -0.05) is 23.2 Å². The summed E-state index contributed by atoms with van der Waals surface area (Å²) in [5.41, 5.74) is 3.57. The van der Waals surface area contributed by atoms with Crippen LogP contribution in [-0.4, -0.2) is 41.7 Å². The molecule has 3 heterocycles. The lowest BCUT2D eigenvalue weighted by molar-refractivity contribution is 0.0725. The molecule has 1 N–H and O–H groups in total. The van der Waals surface area contributed by atoms with E-state index in [0.29, 0.717) is 54.0 Å². The molecule has 1 saturated carbocycles. The Morgan fingerprint density at radius 1 is 1.23 bits per heavy atom. The van der Waals surface area contributed by atoms with E-state index in [1.165, 1.54) is 0 Å². The van der Waals surface area contributed by atoms with Gasteiger partial charge in [0, 0.05) is 35.3 Å². The number of nitrogens with one attached hydrogen (secondary N) is 1. The third kappa shape index (κ3) is 3.97. The minimum absolute atomic E-state index is 0.103. The predicted molar refractivity (Wildman–Crippen MR) is 119 cm³/mol. The molecule has 164 valence electrons. The highest BCUT2D eigenvalue weighted by atomic mass is 35.5. The molecule has 0 bridgehead atoms. The van der Waals surface area contributed by atoms with Crippen LogP contribution in [-0.2, 0) is 17.7 Å². The summed E-state index contributed by atoms with van der Waals surface area (Å²) in [5, 5.41) is 0.759. The first-order valence-electron chi connectivity index (χ1n) is 10.7. The summed E-state index contributed by atoms with van der Waals surface area (Å²) in [6.07, 6.45) is 3.41. The van der Waals surface area contributed by atoms with E-state index in [0.717, 1.165) is 36.1 Å². The summed E-state index contributed by atoms with van der Waals surface area (Å²) < 4.78 is 11.3. The van der Waals surface area contributed by atoms with Crippen LogP contribution in [0.5, 0.6) is 5.75 Å². The van der Waals surface area contributed by atoms with E-state index in [-0.39, 0.29) is 29.1 Å². The molecule has 1 aliphatic carbocycles. The number of amides is 1. The molecule has 1 saturated heterocycles. The van der Waals surface area contributed by atoms with Crippen molar-refractivity contribution in [3.05, 3.63) is 60.5 Å². The number of aromatic nitrogens is 1. The second-order valence-corrected chi connectivity index (χ2v) is 9.38. The fourth-order valence-corrected chi connectivity index (χ4v) is 5.07. The highest BCUT2D eigenvalue weighted by Gasteiger charge is 2.34. The number of H-pyrrole nitrogens is 1. The van der Waals surface area contributed by atoms with Crippen LogP contribution in [0.4, 0.5) is 0 Å². The van der Waals surface area contributed by atoms with Gasteiger partial charge in [-0.25, -0.2) is 0 Å². The van der Waals surface area contributed by atoms with Crippen molar-refractivity contribution in [1.29, 1.82) is 0 Å². The van der Waals surface area contributed by atoms with Gasteiger partial charge < -0.3 is 19.4 Å². The first kappa shape index (κ1) is 20.9. The Morgan fingerprint density at radius 3 is 2.74 bits per heavy atom. The summed E-state index contributed by atoms with van der Waals surface area (Å²) in [6, 6.07) is 3.73. The van der Waals surface area contributed by atoms with Crippen LogP contribution >= 0.6 is 23.2 Å². The van der Waals surface area contributed by atoms with Crippen LogP contribution in [0.25, 0.3) is 0 Å². The molecule has 1 unspecified atom stereocenters. The summed E-state index contributed by atoms with van der Waals surface area (Å²) in [5.74, 6) is 0.598. The van der Waals surface area contributed by atoms with Crippen LogP contribution in [0.3, 0.4) is 0 Å². The van der Waals surface area contributed by atoms with E-state index < -0.39 is 0 Å². The van der Waals surface area contributed by atoms with Gasteiger partial charge >= 0.3 is 0 Å². The molecule has 1 aromatic carbocycles. The standard InChI is InChI=1S/C23H24Cl2N2O4/c1-12-8-16(13-2-3-13)17(22(28)26-12)10-27-6-4-15-18(24)9-19(21(25)20(15)23(27)29)31-14-5-7-30-11-14/h8-9,13-14H,2-7,10-11H2,1H3,(H,26,28). The largest absolute Gasteiger partial charge is 0.486 e. The van der Waals surface area contributed by atoms with Crippen LogP contribution in [0.1, 0.15) is 57.9 Å². The number of ether oxygens (including phenoxy) is 2. The van der Waals surface area contributed by atoms with Gasteiger partial charge in [0.05, 0.1) is 30.3 Å². The van der Waals surface area contributed by atoms with Crippen molar-refractivity contribution >= 4 is 29.1 Å². The van der Waals surface area contributed by atoms with Gasteiger partial charge in [0.2, 0.25) is 0 Å². The third-order valence-corrected chi connectivity index (χ3v) is 6.98. The fourth-order valence-electron chi connectivity index (χ4n) is 4.49. The van der Waals surface area contributed by atoms with Gasteiger partial charge in [-0.15, -0.1) is 0 Å². The molecular formula is C23H24Cl2N2O4. The molecule has 2 fully saturated rings. The number of hydrogen-bond acceptors (Lipinski definition) is 4. The number of halogens is 2. The summed E-state index contributed by atoms with van der Waals surface area (Å²) in [4.78, 5) is 30.7. The van der Waals surface area contributed by atoms with Gasteiger partial charge in [-0.3, -0.25) is 9.59 Å². The quantitative estimate of drug-likeness (QED) is 0.721. The lowest BCUT2D eigenvalue weighted by atomic mass is 9.96. The molecule has 3 aliphatic rings. The first-order valence-corrected chi connectivity index (χ1v) is 11.4. The molecule has 1 atom stereocenters. The van der Waals surface area contributed by atoms with E-state index in [9.17, 15) is 9.59 Å². The van der Waals surface area contributed by atoms with Gasteiger partial charge in [0.25, 0.3) is 11.5 Å². The second-order valence-electron chi connectivity index (χ2n) is 8.59. The molecule has 2 aliphatic heterocycles. The molecule has 2 aromatic rings. The highest BCUT2D eigenvalue weighted by Crippen LogP contribution is 2.42. The van der Waals surface area contributed by atoms with Gasteiger partial charge in [-0.2, -0.15) is 0 Å². The molecule has 5 rings (SSSR count). The molecule has 0 radical (unpaired) electrons. The van der Waals surface area contributed by atoms with Crippen LogP contribution in [0.15, 0.2) is 16.9 Å². The number of fused-ring (bicyclic) bond motifs is 1. The van der Waals surface area contributed by atoms with Gasteiger partial charge in [-0.05, 0) is 49.3 Å². The summed E-state index contributed by atoms with van der Waals surface area (Å²) in [7, 11) is 0. The Bertz CT molecular complexity index is 1100. The average molecular weight is 463 g/mol. The number of carbonyl (C=O) groups excluding carboxylic acids is 1. The zero-order valence-corrected chi connectivity index (χ0v) is 18.8. The molecular weight excluding hydrogens is 439 g/mol. The third-order valence-electron chi connectivity index (χ3n) is 6.27. The number of rotatable bonds is 5. The van der Waals surface area contributed by atoms with E-state index in [1.807, 2.05) is 13.0 Å². The molecule has 0 spiro atoms. The van der Waals surface area contributed by atoms with Gasteiger partial charge in [0.1, 0.15) is 11.9 Å². The van der Waals surface area contributed by atoms with Crippen molar-refractivity contribution in [1.82, 2.24) is 9.88 Å². The molecule has 6 nitrogen and oxygen atoms in total. The molecule has 1 aromatic heterocycles. The Kier molecular flexibility index (Phi) is 5.49. The van der Waals surface area contributed by atoms with Crippen molar-refractivity contribution in [3.63, 3.8) is 0 Å². The van der Waals surface area contributed by atoms with E-state index in [4.69, 9.17) is 32.7 Å². The number of hydrogen-bond donors (Lipinski definition) is 1. The minimum Gasteiger partial charge on any atom is -0.486 e. The Morgan fingerprint density at radius 2 is 2.03 bits per heavy atom. The minimum atomic E-state index is -0.219. The maximum absolute atomic E-state index is 13.4. The number of nitrogens with zero attached hydrogens (tertiary/aromatic N) is 1. The van der Waals surface area contributed by atoms with Crippen LogP contribution < -0.4 is 10.3 Å². The average Bonchev–Trinajstić information content (AvgIpc) is 3.45. The fraction of sp³-hybridized carbons (Fsp3) is 0.478. The smallest absolute Gasteiger partial charge is 0.256 e. The summed E-state index contributed by atoms with van der Waals surface area (Å²) in [6.45, 7) is 3.76. The summed E-state index contributed by atoms with van der Waals surface area (Å²) >= 11 is 13.1. The number of pyridine rings is 1.